The van der Waals surface area contributed by atoms with Gasteiger partial charge in [-0.1, -0.05) is 6.07 Å². The second kappa shape index (κ2) is 6.62. The second-order valence-electron chi connectivity index (χ2n) is 4.17. The Morgan fingerprint density at radius 2 is 2.16 bits per heavy atom. The van der Waals surface area contributed by atoms with Crippen LogP contribution in [0, 0.1) is 17.1 Å². The van der Waals surface area contributed by atoms with Crippen LogP contribution in [0.5, 0.6) is 0 Å². The smallest absolute Gasteiger partial charge is 0.127 e. The molecule has 96 valence electrons. The fourth-order valence-corrected chi connectivity index (χ4v) is 1.77. The predicted octanol–water partition coefficient (Wildman–Crippen LogP) is 2.42. The standard InChI is InChI=1S/C15H14FN3/c16-15-5-4-12(10-17)9-13(15)11-18-8-6-14-3-1-2-7-19-14/h1-5,7,9,18H,6,8,11H2. The number of nitriles is 1. The summed E-state index contributed by atoms with van der Waals surface area (Å²) in [7, 11) is 0. The van der Waals surface area contributed by atoms with Crippen molar-refractivity contribution in [3.63, 3.8) is 0 Å². The van der Waals surface area contributed by atoms with Gasteiger partial charge in [-0.25, -0.2) is 4.39 Å². The summed E-state index contributed by atoms with van der Waals surface area (Å²) in [5, 5.41) is 11.9. The highest BCUT2D eigenvalue weighted by Gasteiger charge is 2.03. The van der Waals surface area contributed by atoms with E-state index in [2.05, 4.69) is 10.3 Å². The van der Waals surface area contributed by atoms with Crippen LogP contribution in [0.25, 0.3) is 0 Å². The van der Waals surface area contributed by atoms with Crippen LogP contribution < -0.4 is 5.32 Å². The van der Waals surface area contributed by atoms with Crippen LogP contribution in [-0.2, 0) is 13.0 Å². The molecule has 3 nitrogen and oxygen atoms in total. The number of hydrogen-bond acceptors (Lipinski definition) is 3. The van der Waals surface area contributed by atoms with Crippen LogP contribution in [0.1, 0.15) is 16.8 Å². The molecular formula is C15H14FN3. The lowest BCUT2D eigenvalue weighted by atomic mass is 10.1. The molecule has 0 unspecified atom stereocenters. The molecule has 0 aliphatic carbocycles. The topological polar surface area (TPSA) is 48.7 Å². The van der Waals surface area contributed by atoms with Crippen molar-refractivity contribution in [1.29, 1.82) is 5.26 Å². The summed E-state index contributed by atoms with van der Waals surface area (Å²) in [6, 6.07) is 12.2. The van der Waals surface area contributed by atoms with E-state index < -0.39 is 0 Å². The summed E-state index contributed by atoms with van der Waals surface area (Å²) in [6.45, 7) is 1.13. The Morgan fingerprint density at radius 1 is 1.26 bits per heavy atom. The minimum Gasteiger partial charge on any atom is -0.312 e. The number of benzene rings is 1. The fourth-order valence-electron chi connectivity index (χ4n) is 1.77. The molecule has 0 fully saturated rings. The predicted molar refractivity (Wildman–Crippen MR) is 70.8 cm³/mol. The molecule has 0 saturated carbocycles. The number of nitrogens with one attached hydrogen (secondary N) is 1. The van der Waals surface area contributed by atoms with Crippen molar-refractivity contribution >= 4 is 0 Å². The van der Waals surface area contributed by atoms with E-state index in [1.54, 1.807) is 12.3 Å². The highest BCUT2D eigenvalue weighted by Crippen LogP contribution is 2.09. The summed E-state index contributed by atoms with van der Waals surface area (Å²) in [6.07, 6.45) is 2.55. The van der Waals surface area contributed by atoms with Crippen LogP contribution in [0.2, 0.25) is 0 Å². The highest BCUT2D eigenvalue weighted by molar-refractivity contribution is 5.33. The molecule has 0 spiro atoms. The van der Waals surface area contributed by atoms with Gasteiger partial charge < -0.3 is 5.32 Å². The lowest BCUT2D eigenvalue weighted by Crippen LogP contribution is -2.18. The maximum Gasteiger partial charge on any atom is 0.127 e. The van der Waals surface area contributed by atoms with Gasteiger partial charge in [-0.3, -0.25) is 4.98 Å². The Balaban J connectivity index is 1.85. The molecule has 0 aliphatic rings. The van der Waals surface area contributed by atoms with Gasteiger partial charge in [0.1, 0.15) is 5.82 Å². The van der Waals surface area contributed by atoms with Crippen molar-refractivity contribution < 1.29 is 4.39 Å². The Bertz CT molecular complexity index is 576. The Morgan fingerprint density at radius 3 is 2.89 bits per heavy atom. The van der Waals surface area contributed by atoms with Crippen LogP contribution in [0.3, 0.4) is 0 Å². The summed E-state index contributed by atoms with van der Waals surface area (Å²) >= 11 is 0. The molecule has 0 aliphatic heterocycles. The zero-order valence-electron chi connectivity index (χ0n) is 10.4. The Labute approximate surface area is 111 Å². The van der Waals surface area contributed by atoms with Gasteiger partial charge in [-0.2, -0.15) is 5.26 Å². The number of hydrogen-bond donors (Lipinski definition) is 1. The Hall–Kier alpha value is -2.25. The molecule has 1 aromatic carbocycles. The molecule has 0 bridgehead atoms. The molecular weight excluding hydrogens is 241 g/mol. The largest absolute Gasteiger partial charge is 0.312 e. The van der Waals surface area contributed by atoms with Crippen LogP contribution in [0.4, 0.5) is 4.39 Å². The molecule has 0 radical (unpaired) electrons. The van der Waals surface area contributed by atoms with Gasteiger partial charge in [0.15, 0.2) is 0 Å². The maximum atomic E-state index is 13.5. The van der Waals surface area contributed by atoms with Gasteiger partial charge >= 0.3 is 0 Å². The van der Waals surface area contributed by atoms with E-state index in [-0.39, 0.29) is 5.82 Å². The SMILES string of the molecule is N#Cc1ccc(F)c(CNCCc2ccccn2)c1. The lowest BCUT2D eigenvalue weighted by molar-refractivity contribution is 0.587. The van der Waals surface area contributed by atoms with Crippen molar-refractivity contribution in [2.75, 3.05) is 6.54 Å². The molecule has 1 heterocycles. The zero-order chi connectivity index (χ0) is 13.5. The first-order valence-corrected chi connectivity index (χ1v) is 6.09. The molecule has 0 amide bonds. The first kappa shape index (κ1) is 13.2. The third kappa shape index (κ3) is 3.87. The van der Waals surface area contributed by atoms with E-state index in [0.717, 1.165) is 12.1 Å². The average molecular weight is 255 g/mol. The van der Waals surface area contributed by atoms with Gasteiger partial charge in [-0.15, -0.1) is 0 Å². The van der Waals surface area contributed by atoms with Crippen molar-refractivity contribution in [2.45, 2.75) is 13.0 Å². The normalized spacial score (nSPS) is 10.1. The van der Waals surface area contributed by atoms with Gasteiger partial charge in [0.2, 0.25) is 0 Å². The molecule has 0 atom stereocenters. The van der Waals surface area contributed by atoms with Crippen molar-refractivity contribution in [1.82, 2.24) is 10.3 Å². The van der Waals surface area contributed by atoms with E-state index in [0.29, 0.717) is 24.2 Å². The van der Waals surface area contributed by atoms with Crippen LogP contribution >= 0.6 is 0 Å². The monoisotopic (exact) mass is 255 g/mol. The van der Waals surface area contributed by atoms with Gasteiger partial charge in [0.25, 0.3) is 0 Å². The molecule has 4 heteroatoms. The van der Waals surface area contributed by atoms with Crippen molar-refractivity contribution in [2.24, 2.45) is 0 Å². The second-order valence-corrected chi connectivity index (χ2v) is 4.17. The van der Waals surface area contributed by atoms with E-state index >= 15 is 0 Å². The third-order valence-electron chi connectivity index (χ3n) is 2.77. The number of pyridine rings is 1. The molecule has 1 aromatic heterocycles. The van der Waals surface area contributed by atoms with E-state index in [1.165, 1.54) is 12.1 Å². The number of aromatic nitrogens is 1. The third-order valence-corrected chi connectivity index (χ3v) is 2.77. The first-order chi connectivity index (χ1) is 9.29. The summed E-state index contributed by atoms with van der Waals surface area (Å²) in [5.41, 5.74) is 1.99. The average Bonchev–Trinajstić information content (AvgIpc) is 2.46. The van der Waals surface area contributed by atoms with Crippen LogP contribution in [0.15, 0.2) is 42.6 Å². The van der Waals surface area contributed by atoms with Gasteiger partial charge in [0, 0.05) is 37.0 Å². The lowest BCUT2D eigenvalue weighted by Gasteiger charge is -2.06. The molecule has 1 N–H and O–H groups in total. The molecule has 19 heavy (non-hydrogen) atoms. The van der Waals surface area contributed by atoms with E-state index in [4.69, 9.17) is 5.26 Å². The van der Waals surface area contributed by atoms with Gasteiger partial charge in [0.05, 0.1) is 11.6 Å². The number of halogens is 1. The molecule has 2 rings (SSSR count). The molecule has 0 saturated heterocycles. The highest BCUT2D eigenvalue weighted by atomic mass is 19.1. The molecule has 2 aromatic rings. The minimum absolute atomic E-state index is 0.288. The maximum absolute atomic E-state index is 13.5. The van der Waals surface area contributed by atoms with Crippen LogP contribution in [-0.4, -0.2) is 11.5 Å². The number of nitrogens with zero attached hydrogens (tertiary/aromatic N) is 2. The van der Waals surface area contributed by atoms with E-state index in [9.17, 15) is 4.39 Å². The first-order valence-electron chi connectivity index (χ1n) is 6.09. The summed E-state index contributed by atoms with van der Waals surface area (Å²) < 4.78 is 13.5. The zero-order valence-corrected chi connectivity index (χ0v) is 10.4. The van der Waals surface area contributed by atoms with Crippen molar-refractivity contribution in [3.8, 4) is 6.07 Å². The Kier molecular flexibility index (Phi) is 4.60. The number of rotatable bonds is 5. The fraction of sp³-hybridized carbons (Fsp3) is 0.200. The minimum atomic E-state index is -0.288. The van der Waals surface area contributed by atoms with E-state index in [1.807, 2.05) is 24.3 Å². The summed E-state index contributed by atoms with van der Waals surface area (Å²) in [4.78, 5) is 4.21. The quantitative estimate of drug-likeness (QED) is 0.835. The summed E-state index contributed by atoms with van der Waals surface area (Å²) in [5.74, 6) is -0.288. The van der Waals surface area contributed by atoms with Gasteiger partial charge in [-0.05, 0) is 30.3 Å². The van der Waals surface area contributed by atoms with Crippen molar-refractivity contribution in [3.05, 3.63) is 65.2 Å².